The van der Waals surface area contributed by atoms with E-state index in [-0.39, 0.29) is 11.5 Å². The highest BCUT2D eigenvalue weighted by Crippen LogP contribution is 2.27. The number of aryl methyl sites for hydroxylation is 1. The number of para-hydroxylation sites is 1. The number of halogens is 1. The topological polar surface area (TPSA) is 55.4 Å². The van der Waals surface area contributed by atoms with Gasteiger partial charge in [0.25, 0.3) is 5.91 Å². The molecule has 2 aromatic rings. The van der Waals surface area contributed by atoms with Crippen molar-refractivity contribution < 1.29 is 18.7 Å². The highest BCUT2D eigenvalue weighted by atomic mass is 19.1. The lowest BCUT2D eigenvalue weighted by atomic mass is 9.98. The first-order valence-corrected chi connectivity index (χ1v) is 7.70. The van der Waals surface area contributed by atoms with Crippen LogP contribution < -0.4 is 5.32 Å². The maximum Gasteiger partial charge on any atom is 0.338 e. The summed E-state index contributed by atoms with van der Waals surface area (Å²) in [5.74, 6) is -1.27. The van der Waals surface area contributed by atoms with Gasteiger partial charge in [-0.15, -0.1) is 0 Å². The SMILES string of the molecule is Cc1cccc(C(C)C)c1NC(=O)COC(=O)c1ccc(F)cc1. The van der Waals surface area contributed by atoms with Crippen molar-refractivity contribution in [2.45, 2.75) is 26.7 Å². The molecule has 0 saturated carbocycles. The third-order valence-corrected chi connectivity index (χ3v) is 3.61. The van der Waals surface area contributed by atoms with E-state index in [9.17, 15) is 14.0 Å². The van der Waals surface area contributed by atoms with Gasteiger partial charge in [0.05, 0.1) is 5.56 Å². The summed E-state index contributed by atoms with van der Waals surface area (Å²) in [6.45, 7) is 5.59. The fraction of sp³-hybridized carbons (Fsp3) is 0.263. The van der Waals surface area contributed by atoms with E-state index in [1.807, 2.05) is 39.0 Å². The van der Waals surface area contributed by atoms with Gasteiger partial charge in [0.15, 0.2) is 6.61 Å². The number of carbonyl (C=O) groups excluding carboxylic acids is 2. The Morgan fingerprint density at radius 2 is 1.79 bits per heavy atom. The van der Waals surface area contributed by atoms with Gasteiger partial charge in [-0.05, 0) is 48.2 Å². The molecule has 0 aliphatic heterocycles. The molecule has 0 aliphatic carbocycles. The van der Waals surface area contributed by atoms with E-state index in [0.29, 0.717) is 0 Å². The van der Waals surface area contributed by atoms with Crippen LogP contribution in [0.3, 0.4) is 0 Å². The molecule has 2 rings (SSSR count). The summed E-state index contributed by atoms with van der Waals surface area (Å²) in [6, 6.07) is 10.8. The Kier molecular flexibility index (Phi) is 5.68. The van der Waals surface area contributed by atoms with Gasteiger partial charge in [-0.1, -0.05) is 32.0 Å². The van der Waals surface area contributed by atoms with E-state index in [1.165, 1.54) is 24.3 Å². The monoisotopic (exact) mass is 329 g/mol. The average Bonchev–Trinajstić information content (AvgIpc) is 2.55. The molecule has 0 spiro atoms. The predicted molar refractivity (Wildman–Crippen MR) is 90.6 cm³/mol. The molecular formula is C19H20FNO3. The minimum atomic E-state index is -0.668. The zero-order chi connectivity index (χ0) is 17.7. The van der Waals surface area contributed by atoms with Gasteiger partial charge in [0.2, 0.25) is 0 Å². The van der Waals surface area contributed by atoms with Gasteiger partial charge in [-0.3, -0.25) is 4.79 Å². The second-order valence-electron chi connectivity index (χ2n) is 5.83. The van der Waals surface area contributed by atoms with Crippen LogP contribution in [0.1, 0.15) is 41.3 Å². The minimum absolute atomic E-state index is 0.197. The van der Waals surface area contributed by atoms with Crippen LogP contribution in [0.2, 0.25) is 0 Å². The molecule has 0 fully saturated rings. The first-order valence-electron chi connectivity index (χ1n) is 7.70. The number of benzene rings is 2. The van der Waals surface area contributed by atoms with E-state index in [0.717, 1.165) is 16.8 Å². The van der Waals surface area contributed by atoms with Crippen molar-refractivity contribution >= 4 is 17.6 Å². The summed E-state index contributed by atoms with van der Waals surface area (Å²) >= 11 is 0. The number of amides is 1. The van der Waals surface area contributed by atoms with Crippen molar-refractivity contribution in [3.05, 3.63) is 65.0 Å². The Bertz CT molecular complexity index is 739. The molecule has 2 aromatic carbocycles. The van der Waals surface area contributed by atoms with Crippen molar-refractivity contribution in [2.24, 2.45) is 0 Å². The number of esters is 1. The van der Waals surface area contributed by atoms with Crippen LogP contribution in [0.4, 0.5) is 10.1 Å². The van der Waals surface area contributed by atoms with Crippen LogP contribution in [0.25, 0.3) is 0 Å². The largest absolute Gasteiger partial charge is 0.452 e. The van der Waals surface area contributed by atoms with E-state index in [2.05, 4.69) is 5.32 Å². The normalized spacial score (nSPS) is 10.5. The molecule has 1 amide bonds. The van der Waals surface area contributed by atoms with Crippen molar-refractivity contribution in [1.82, 2.24) is 0 Å². The van der Waals surface area contributed by atoms with E-state index in [1.54, 1.807) is 0 Å². The summed E-state index contributed by atoms with van der Waals surface area (Å²) in [4.78, 5) is 23.9. The minimum Gasteiger partial charge on any atom is -0.452 e. The Balaban J connectivity index is 1.99. The fourth-order valence-electron chi connectivity index (χ4n) is 2.32. The molecular weight excluding hydrogens is 309 g/mol. The molecule has 24 heavy (non-hydrogen) atoms. The lowest BCUT2D eigenvalue weighted by molar-refractivity contribution is -0.119. The van der Waals surface area contributed by atoms with Gasteiger partial charge in [-0.25, -0.2) is 9.18 Å². The molecule has 0 saturated heterocycles. The van der Waals surface area contributed by atoms with E-state index in [4.69, 9.17) is 4.74 Å². The highest BCUT2D eigenvalue weighted by molar-refractivity contribution is 5.96. The second kappa shape index (κ2) is 7.73. The van der Waals surface area contributed by atoms with Crippen molar-refractivity contribution in [3.63, 3.8) is 0 Å². The molecule has 0 atom stereocenters. The standard InChI is InChI=1S/C19H20FNO3/c1-12(2)16-6-4-5-13(3)18(16)21-17(22)11-24-19(23)14-7-9-15(20)10-8-14/h4-10,12H,11H2,1-3H3,(H,21,22). The first kappa shape index (κ1) is 17.7. The van der Waals surface area contributed by atoms with Gasteiger partial charge < -0.3 is 10.1 Å². The first-order chi connectivity index (χ1) is 11.4. The number of anilines is 1. The Morgan fingerprint density at radius 3 is 2.42 bits per heavy atom. The quantitative estimate of drug-likeness (QED) is 0.842. The smallest absolute Gasteiger partial charge is 0.338 e. The van der Waals surface area contributed by atoms with E-state index < -0.39 is 24.3 Å². The van der Waals surface area contributed by atoms with Crippen molar-refractivity contribution in [3.8, 4) is 0 Å². The van der Waals surface area contributed by atoms with Gasteiger partial charge in [-0.2, -0.15) is 0 Å². The summed E-state index contributed by atoms with van der Waals surface area (Å²) in [5.41, 5.74) is 2.91. The highest BCUT2D eigenvalue weighted by Gasteiger charge is 2.14. The molecule has 0 heterocycles. The maximum absolute atomic E-state index is 12.8. The average molecular weight is 329 g/mol. The van der Waals surface area contributed by atoms with Crippen LogP contribution in [0.15, 0.2) is 42.5 Å². The lowest BCUT2D eigenvalue weighted by Crippen LogP contribution is -2.22. The predicted octanol–water partition coefficient (Wildman–Crippen LogP) is 4.05. The van der Waals surface area contributed by atoms with Crippen LogP contribution in [-0.4, -0.2) is 18.5 Å². The lowest BCUT2D eigenvalue weighted by Gasteiger charge is -2.16. The van der Waals surface area contributed by atoms with Gasteiger partial charge in [0, 0.05) is 5.69 Å². The van der Waals surface area contributed by atoms with Crippen molar-refractivity contribution in [1.29, 1.82) is 0 Å². The number of carbonyl (C=O) groups is 2. The molecule has 4 nitrogen and oxygen atoms in total. The third kappa shape index (κ3) is 4.41. The van der Waals surface area contributed by atoms with Crippen LogP contribution in [0, 0.1) is 12.7 Å². The molecule has 0 unspecified atom stereocenters. The number of nitrogens with one attached hydrogen (secondary N) is 1. The van der Waals surface area contributed by atoms with Crippen LogP contribution in [0.5, 0.6) is 0 Å². The number of rotatable bonds is 5. The van der Waals surface area contributed by atoms with Crippen molar-refractivity contribution in [2.75, 3.05) is 11.9 Å². The molecule has 0 aliphatic rings. The fourth-order valence-corrected chi connectivity index (χ4v) is 2.32. The zero-order valence-electron chi connectivity index (χ0n) is 13.9. The summed E-state index contributed by atoms with van der Waals surface area (Å²) in [6.07, 6.45) is 0. The molecule has 126 valence electrons. The summed E-state index contributed by atoms with van der Waals surface area (Å²) < 4.78 is 17.8. The molecule has 1 N–H and O–H groups in total. The Labute approximate surface area is 140 Å². The molecule has 0 aromatic heterocycles. The molecule has 0 radical (unpaired) electrons. The Morgan fingerprint density at radius 1 is 1.12 bits per heavy atom. The van der Waals surface area contributed by atoms with E-state index >= 15 is 0 Å². The second-order valence-corrected chi connectivity index (χ2v) is 5.83. The summed E-state index contributed by atoms with van der Waals surface area (Å²) in [7, 11) is 0. The van der Waals surface area contributed by atoms with Gasteiger partial charge >= 0.3 is 5.97 Å². The summed E-state index contributed by atoms with van der Waals surface area (Å²) in [5, 5.41) is 2.80. The van der Waals surface area contributed by atoms with Gasteiger partial charge in [0.1, 0.15) is 5.82 Å². The molecule has 5 heteroatoms. The zero-order valence-corrected chi connectivity index (χ0v) is 13.9. The van der Waals surface area contributed by atoms with Crippen LogP contribution >= 0.6 is 0 Å². The van der Waals surface area contributed by atoms with Crippen LogP contribution in [-0.2, 0) is 9.53 Å². The number of ether oxygens (including phenoxy) is 1. The third-order valence-electron chi connectivity index (χ3n) is 3.61. The number of hydrogen-bond acceptors (Lipinski definition) is 3. The maximum atomic E-state index is 12.8. The molecule has 0 bridgehead atoms. The Hall–Kier alpha value is -2.69. The number of hydrogen-bond donors (Lipinski definition) is 1.